The molecule has 5 nitrogen and oxygen atoms in total. The number of ether oxygens (including phenoxy) is 1. The summed E-state index contributed by atoms with van der Waals surface area (Å²) in [6.07, 6.45) is 1.36. The average Bonchev–Trinajstić information content (AvgIpc) is 3.12. The van der Waals surface area contributed by atoms with Gasteiger partial charge in [0.05, 0.1) is 0 Å². The fraction of sp³-hybridized carbons (Fsp3) is 0.286. The summed E-state index contributed by atoms with van der Waals surface area (Å²) in [7, 11) is 0. The number of hydrogen-bond acceptors (Lipinski definition) is 5. The number of amides is 1. The first-order valence-corrected chi connectivity index (χ1v) is 9.88. The molecule has 1 heterocycles. The third-order valence-electron chi connectivity index (χ3n) is 4.36. The largest absolute Gasteiger partial charge is 0.430 e. The van der Waals surface area contributed by atoms with Crippen molar-refractivity contribution in [1.29, 1.82) is 0 Å². The lowest BCUT2D eigenvalue weighted by Crippen LogP contribution is -2.31. The minimum Gasteiger partial charge on any atom is -0.430 e. The van der Waals surface area contributed by atoms with E-state index in [9.17, 15) is 9.18 Å². The highest BCUT2D eigenvalue weighted by Crippen LogP contribution is 2.28. The predicted octanol–water partition coefficient (Wildman–Crippen LogP) is 4.90. The molecule has 7 heteroatoms. The van der Waals surface area contributed by atoms with Crippen LogP contribution < -0.4 is 10.1 Å². The molecule has 0 fully saturated rings. The minimum atomic E-state index is -0.272. The summed E-state index contributed by atoms with van der Waals surface area (Å²) in [6, 6.07) is 11.7. The summed E-state index contributed by atoms with van der Waals surface area (Å²) in [5, 5.41) is 3.35. The van der Waals surface area contributed by atoms with E-state index < -0.39 is 0 Å². The van der Waals surface area contributed by atoms with Gasteiger partial charge in [-0.1, -0.05) is 25.1 Å². The van der Waals surface area contributed by atoms with Gasteiger partial charge in [0.1, 0.15) is 11.6 Å². The second-order valence-electron chi connectivity index (χ2n) is 6.64. The number of halogens is 1. The van der Waals surface area contributed by atoms with Gasteiger partial charge in [-0.25, -0.2) is 4.39 Å². The molecule has 1 amide bonds. The number of nitrogens with one attached hydrogen (secondary N) is 1. The van der Waals surface area contributed by atoms with E-state index in [2.05, 4.69) is 14.7 Å². The summed E-state index contributed by atoms with van der Waals surface area (Å²) >= 11 is 1.15. The smallest absolute Gasteiger partial charge is 0.298 e. The molecular formula is C21H22FN3O2S. The van der Waals surface area contributed by atoms with E-state index in [-0.39, 0.29) is 17.8 Å². The highest BCUT2D eigenvalue weighted by Gasteiger charge is 2.13. The molecule has 3 aromatic rings. The zero-order valence-corrected chi connectivity index (χ0v) is 16.8. The topological polar surface area (TPSA) is 64.1 Å². The second kappa shape index (κ2) is 8.93. The van der Waals surface area contributed by atoms with E-state index in [4.69, 9.17) is 4.74 Å². The van der Waals surface area contributed by atoms with Gasteiger partial charge in [0.2, 0.25) is 0 Å². The van der Waals surface area contributed by atoms with Crippen molar-refractivity contribution in [3.63, 3.8) is 0 Å². The Morgan fingerprint density at radius 2 is 2.00 bits per heavy atom. The summed E-state index contributed by atoms with van der Waals surface area (Å²) in [5.74, 6) is 0.774. The van der Waals surface area contributed by atoms with Crippen molar-refractivity contribution in [3.05, 3.63) is 70.8 Å². The maximum Gasteiger partial charge on any atom is 0.298 e. The van der Waals surface area contributed by atoms with E-state index in [1.54, 1.807) is 24.3 Å². The van der Waals surface area contributed by atoms with Gasteiger partial charge in [-0.15, -0.1) is 0 Å². The first-order valence-electron chi connectivity index (χ1n) is 9.11. The Balaban J connectivity index is 1.71. The van der Waals surface area contributed by atoms with Crippen LogP contribution in [0.25, 0.3) is 0 Å². The predicted molar refractivity (Wildman–Crippen MR) is 108 cm³/mol. The summed E-state index contributed by atoms with van der Waals surface area (Å²) in [4.78, 5) is 16.7. The molecule has 0 radical (unpaired) electrons. The number of aromatic nitrogens is 2. The fourth-order valence-electron chi connectivity index (χ4n) is 2.49. The van der Waals surface area contributed by atoms with Crippen LogP contribution in [0.2, 0.25) is 0 Å². The van der Waals surface area contributed by atoms with Crippen molar-refractivity contribution < 1.29 is 13.9 Å². The number of rotatable bonds is 7. The normalized spacial score (nSPS) is 11.9. The molecule has 1 atom stereocenters. The Morgan fingerprint density at radius 3 is 2.71 bits per heavy atom. The van der Waals surface area contributed by atoms with Crippen molar-refractivity contribution in [1.82, 2.24) is 14.7 Å². The standard InChI is InChI=1S/C21H22FN3O2S/c1-4-14(3)23-20(26)16-8-5-13(2)18(12-16)27-21-24-19(25-28-21)11-15-6-9-17(22)10-7-15/h5-10,12,14H,4,11H2,1-3H3,(H,23,26). The van der Waals surface area contributed by atoms with Crippen LogP contribution in [0.3, 0.4) is 0 Å². The van der Waals surface area contributed by atoms with E-state index in [1.807, 2.05) is 26.8 Å². The van der Waals surface area contributed by atoms with Crippen LogP contribution >= 0.6 is 11.5 Å². The van der Waals surface area contributed by atoms with Crippen molar-refractivity contribution >= 4 is 17.4 Å². The zero-order valence-electron chi connectivity index (χ0n) is 16.0. The highest BCUT2D eigenvalue weighted by atomic mass is 32.1. The zero-order chi connectivity index (χ0) is 20.1. The number of aryl methyl sites for hydroxylation is 1. The van der Waals surface area contributed by atoms with Crippen LogP contribution in [-0.4, -0.2) is 21.3 Å². The van der Waals surface area contributed by atoms with Gasteiger partial charge in [0, 0.05) is 29.6 Å². The van der Waals surface area contributed by atoms with Crippen LogP contribution in [-0.2, 0) is 6.42 Å². The number of hydrogen-bond donors (Lipinski definition) is 1. The van der Waals surface area contributed by atoms with E-state index in [1.165, 1.54) is 12.1 Å². The van der Waals surface area contributed by atoms with Gasteiger partial charge < -0.3 is 10.1 Å². The number of carbonyl (C=O) groups excluding carboxylic acids is 1. The van der Waals surface area contributed by atoms with Gasteiger partial charge in [-0.3, -0.25) is 4.79 Å². The maximum atomic E-state index is 13.0. The van der Waals surface area contributed by atoms with Crippen LogP contribution in [0.4, 0.5) is 4.39 Å². The van der Waals surface area contributed by atoms with E-state index >= 15 is 0 Å². The Bertz CT molecular complexity index is 957. The Labute approximate surface area is 167 Å². The summed E-state index contributed by atoms with van der Waals surface area (Å²) in [6.45, 7) is 5.90. The fourth-order valence-corrected chi connectivity index (χ4v) is 3.05. The van der Waals surface area contributed by atoms with E-state index in [0.717, 1.165) is 29.1 Å². The molecule has 0 bridgehead atoms. The van der Waals surface area contributed by atoms with Crippen LogP contribution in [0.1, 0.15) is 47.6 Å². The lowest BCUT2D eigenvalue weighted by atomic mass is 10.1. The summed E-state index contributed by atoms with van der Waals surface area (Å²) < 4.78 is 23.2. The third kappa shape index (κ3) is 5.13. The molecule has 146 valence electrons. The van der Waals surface area contributed by atoms with Crippen LogP contribution in [0, 0.1) is 12.7 Å². The molecule has 1 aromatic heterocycles. The van der Waals surface area contributed by atoms with Gasteiger partial charge in [0.15, 0.2) is 5.82 Å². The lowest BCUT2D eigenvalue weighted by Gasteiger charge is -2.12. The van der Waals surface area contributed by atoms with Gasteiger partial charge in [0.25, 0.3) is 11.1 Å². The van der Waals surface area contributed by atoms with Crippen molar-refractivity contribution in [3.8, 4) is 10.9 Å². The van der Waals surface area contributed by atoms with Gasteiger partial charge >= 0.3 is 0 Å². The first kappa shape index (κ1) is 19.9. The molecule has 1 N–H and O–H groups in total. The molecular weight excluding hydrogens is 377 g/mol. The highest BCUT2D eigenvalue weighted by molar-refractivity contribution is 7.07. The van der Waals surface area contributed by atoms with Gasteiger partial charge in [-0.2, -0.15) is 9.36 Å². The molecule has 28 heavy (non-hydrogen) atoms. The molecule has 0 aliphatic carbocycles. The second-order valence-corrected chi connectivity index (χ2v) is 7.36. The molecule has 0 aliphatic rings. The lowest BCUT2D eigenvalue weighted by molar-refractivity contribution is 0.0939. The Kier molecular flexibility index (Phi) is 6.36. The Morgan fingerprint density at radius 1 is 1.25 bits per heavy atom. The molecule has 0 aliphatic heterocycles. The minimum absolute atomic E-state index is 0.107. The van der Waals surface area contributed by atoms with Crippen LogP contribution in [0.5, 0.6) is 10.9 Å². The molecule has 0 spiro atoms. The van der Waals surface area contributed by atoms with Gasteiger partial charge in [-0.05, 0) is 55.7 Å². The molecule has 0 saturated carbocycles. The number of nitrogens with zero attached hydrogens (tertiary/aromatic N) is 2. The molecule has 0 saturated heterocycles. The molecule has 2 aromatic carbocycles. The average molecular weight is 399 g/mol. The Hall–Kier alpha value is -2.80. The number of benzene rings is 2. The van der Waals surface area contributed by atoms with Crippen molar-refractivity contribution in [2.24, 2.45) is 0 Å². The maximum absolute atomic E-state index is 13.0. The third-order valence-corrected chi connectivity index (χ3v) is 5.00. The van der Waals surface area contributed by atoms with Crippen molar-refractivity contribution in [2.75, 3.05) is 0 Å². The van der Waals surface area contributed by atoms with Crippen LogP contribution in [0.15, 0.2) is 42.5 Å². The van der Waals surface area contributed by atoms with E-state index in [0.29, 0.717) is 28.8 Å². The molecule has 1 unspecified atom stereocenters. The molecule has 3 rings (SSSR count). The van der Waals surface area contributed by atoms with Crippen molar-refractivity contribution in [2.45, 2.75) is 39.7 Å². The SMILES string of the molecule is CCC(C)NC(=O)c1ccc(C)c(Oc2nc(Cc3ccc(F)cc3)ns2)c1. The number of carbonyl (C=O) groups is 1. The first-order chi connectivity index (χ1) is 13.4. The monoisotopic (exact) mass is 399 g/mol. The quantitative estimate of drug-likeness (QED) is 0.614. The summed E-state index contributed by atoms with van der Waals surface area (Å²) in [5.41, 5.74) is 2.36.